The molecule has 0 aromatic heterocycles. The molecule has 0 radical (unpaired) electrons. The number of hydrogen-bond donors (Lipinski definition) is 2. The standard InChI is InChI=1S/C15H21NO3/c1-10(19-2)6-11-4-3-5-12(7-11)14-8-13(9-16-14)15(17)18/h3-5,7,10,13-14,16H,6,8-9H2,1-2H3,(H,17,18). The second-order valence-electron chi connectivity index (χ2n) is 5.23. The highest BCUT2D eigenvalue weighted by Crippen LogP contribution is 2.28. The molecule has 1 aliphatic heterocycles. The third-order valence-electron chi connectivity index (χ3n) is 3.76. The first kappa shape index (κ1) is 14.0. The highest BCUT2D eigenvalue weighted by Gasteiger charge is 2.30. The first-order valence-electron chi connectivity index (χ1n) is 6.68. The zero-order chi connectivity index (χ0) is 13.8. The van der Waals surface area contributed by atoms with Crippen LogP contribution in [0, 0.1) is 5.92 Å². The minimum absolute atomic E-state index is 0.152. The number of benzene rings is 1. The predicted octanol–water partition coefficient (Wildman–Crippen LogP) is 2.00. The molecule has 1 aliphatic rings. The van der Waals surface area contributed by atoms with Crippen LogP contribution in [-0.2, 0) is 16.0 Å². The van der Waals surface area contributed by atoms with Crippen molar-refractivity contribution in [2.75, 3.05) is 13.7 Å². The van der Waals surface area contributed by atoms with E-state index in [9.17, 15) is 4.79 Å². The zero-order valence-corrected chi connectivity index (χ0v) is 11.4. The van der Waals surface area contributed by atoms with E-state index in [-0.39, 0.29) is 18.1 Å². The van der Waals surface area contributed by atoms with Crippen LogP contribution in [0.5, 0.6) is 0 Å². The normalized spacial score (nSPS) is 24.3. The Kier molecular flexibility index (Phi) is 4.56. The molecule has 1 heterocycles. The van der Waals surface area contributed by atoms with E-state index in [0.717, 1.165) is 6.42 Å². The fraction of sp³-hybridized carbons (Fsp3) is 0.533. The molecule has 0 amide bonds. The summed E-state index contributed by atoms with van der Waals surface area (Å²) >= 11 is 0. The number of carboxylic acid groups (broad SMARTS) is 1. The monoisotopic (exact) mass is 263 g/mol. The van der Waals surface area contributed by atoms with E-state index < -0.39 is 5.97 Å². The van der Waals surface area contributed by atoms with Crippen molar-refractivity contribution in [1.29, 1.82) is 0 Å². The Bertz CT molecular complexity index is 447. The minimum Gasteiger partial charge on any atom is -0.481 e. The number of nitrogens with one attached hydrogen (secondary N) is 1. The van der Waals surface area contributed by atoms with Gasteiger partial charge in [0.1, 0.15) is 0 Å². The van der Waals surface area contributed by atoms with Crippen LogP contribution in [0.2, 0.25) is 0 Å². The summed E-state index contributed by atoms with van der Waals surface area (Å²) in [6, 6.07) is 8.48. The Morgan fingerprint density at radius 1 is 1.58 bits per heavy atom. The summed E-state index contributed by atoms with van der Waals surface area (Å²) in [6.07, 6.45) is 1.73. The fourth-order valence-corrected chi connectivity index (χ4v) is 2.53. The van der Waals surface area contributed by atoms with Crippen molar-refractivity contribution in [2.45, 2.75) is 31.9 Å². The third-order valence-corrected chi connectivity index (χ3v) is 3.76. The van der Waals surface area contributed by atoms with Gasteiger partial charge in [-0.1, -0.05) is 24.3 Å². The fourth-order valence-electron chi connectivity index (χ4n) is 2.53. The quantitative estimate of drug-likeness (QED) is 0.853. The second-order valence-corrected chi connectivity index (χ2v) is 5.23. The summed E-state index contributed by atoms with van der Waals surface area (Å²) in [7, 11) is 1.71. The molecule has 3 unspecified atom stereocenters. The number of hydrogen-bond acceptors (Lipinski definition) is 3. The van der Waals surface area contributed by atoms with E-state index in [1.165, 1.54) is 11.1 Å². The molecule has 1 aromatic rings. The highest BCUT2D eigenvalue weighted by molar-refractivity contribution is 5.70. The lowest BCUT2D eigenvalue weighted by Crippen LogP contribution is -2.17. The van der Waals surface area contributed by atoms with Crippen molar-refractivity contribution in [1.82, 2.24) is 5.32 Å². The molecule has 1 fully saturated rings. The minimum atomic E-state index is -0.709. The van der Waals surface area contributed by atoms with Gasteiger partial charge in [-0.05, 0) is 30.9 Å². The molecule has 0 saturated carbocycles. The average molecular weight is 263 g/mol. The van der Waals surface area contributed by atoms with Gasteiger partial charge in [-0.3, -0.25) is 4.79 Å². The summed E-state index contributed by atoms with van der Waals surface area (Å²) in [5, 5.41) is 12.3. The van der Waals surface area contributed by atoms with Crippen molar-refractivity contribution in [2.24, 2.45) is 5.92 Å². The van der Waals surface area contributed by atoms with Crippen LogP contribution in [0.1, 0.15) is 30.5 Å². The lowest BCUT2D eigenvalue weighted by molar-refractivity contribution is -0.141. The lowest BCUT2D eigenvalue weighted by atomic mass is 9.97. The average Bonchev–Trinajstić information content (AvgIpc) is 2.88. The molecular formula is C15H21NO3. The molecule has 1 aromatic carbocycles. The van der Waals surface area contributed by atoms with Crippen LogP contribution in [0.3, 0.4) is 0 Å². The molecule has 1 saturated heterocycles. The summed E-state index contributed by atoms with van der Waals surface area (Å²) in [4.78, 5) is 11.0. The molecule has 4 nitrogen and oxygen atoms in total. The molecule has 4 heteroatoms. The van der Waals surface area contributed by atoms with E-state index in [1.807, 2.05) is 13.0 Å². The van der Waals surface area contributed by atoms with Crippen LogP contribution in [-0.4, -0.2) is 30.8 Å². The number of carbonyl (C=O) groups is 1. The summed E-state index contributed by atoms with van der Waals surface area (Å²) < 4.78 is 5.27. The van der Waals surface area contributed by atoms with Crippen LogP contribution in [0.15, 0.2) is 24.3 Å². The van der Waals surface area contributed by atoms with Crippen molar-refractivity contribution in [3.63, 3.8) is 0 Å². The second kappa shape index (κ2) is 6.17. The van der Waals surface area contributed by atoms with E-state index >= 15 is 0 Å². The SMILES string of the molecule is COC(C)Cc1cccc(C2CC(C(=O)O)CN2)c1. The van der Waals surface area contributed by atoms with Gasteiger partial charge < -0.3 is 15.2 Å². The van der Waals surface area contributed by atoms with Crippen molar-refractivity contribution < 1.29 is 14.6 Å². The molecule has 104 valence electrons. The molecule has 3 atom stereocenters. The van der Waals surface area contributed by atoms with Crippen molar-refractivity contribution in [3.05, 3.63) is 35.4 Å². The van der Waals surface area contributed by atoms with E-state index in [2.05, 4.69) is 23.5 Å². The molecule has 0 spiro atoms. The van der Waals surface area contributed by atoms with Gasteiger partial charge in [0, 0.05) is 19.7 Å². The number of ether oxygens (including phenoxy) is 1. The van der Waals surface area contributed by atoms with Gasteiger partial charge in [0.25, 0.3) is 0 Å². The van der Waals surface area contributed by atoms with Gasteiger partial charge in [-0.15, -0.1) is 0 Å². The molecule has 0 aliphatic carbocycles. The topological polar surface area (TPSA) is 58.6 Å². The number of rotatable bonds is 5. The molecule has 19 heavy (non-hydrogen) atoms. The van der Waals surface area contributed by atoms with Gasteiger partial charge in [-0.2, -0.15) is 0 Å². The van der Waals surface area contributed by atoms with Gasteiger partial charge in [0.15, 0.2) is 0 Å². The van der Waals surface area contributed by atoms with Crippen LogP contribution < -0.4 is 5.32 Å². The molecule has 2 rings (SSSR count). The van der Waals surface area contributed by atoms with E-state index in [0.29, 0.717) is 13.0 Å². The smallest absolute Gasteiger partial charge is 0.307 e. The Labute approximate surface area is 113 Å². The van der Waals surface area contributed by atoms with Gasteiger partial charge in [0.2, 0.25) is 0 Å². The number of aliphatic carboxylic acids is 1. The van der Waals surface area contributed by atoms with Crippen LogP contribution in [0.25, 0.3) is 0 Å². The van der Waals surface area contributed by atoms with Crippen molar-refractivity contribution in [3.8, 4) is 0 Å². The van der Waals surface area contributed by atoms with Gasteiger partial charge >= 0.3 is 5.97 Å². The maximum atomic E-state index is 11.0. The maximum absolute atomic E-state index is 11.0. The van der Waals surface area contributed by atoms with Gasteiger partial charge in [-0.25, -0.2) is 0 Å². The number of methoxy groups -OCH3 is 1. The molecular weight excluding hydrogens is 242 g/mol. The summed E-state index contributed by atoms with van der Waals surface area (Å²) in [5.74, 6) is -0.981. The Hall–Kier alpha value is -1.39. The van der Waals surface area contributed by atoms with Crippen LogP contribution >= 0.6 is 0 Å². The number of carboxylic acids is 1. The Morgan fingerprint density at radius 3 is 3.00 bits per heavy atom. The van der Waals surface area contributed by atoms with E-state index in [4.69, 9.17) is 9.84 Å². The van der Waals surface area contributed by atoms with Gasteiger partial charge in [0.05, 0.1) is 12.0 Å². The Balaban J connectivity index is 2.05. The summed E-state index contributed by atoms with van der Waals surface area (Å²) in [5.41, 5.74) is 2.40. The van der Waals surface area contributed by atoms with Crippen molar-refractivity contribution >= 4 is 5.97 Å². The summed E-state index contributed by atoms with van der Waals surface area (Å²) in [6.45, 7) is 2.60. The third kappa shape index (κ3) is 3.55. The van der Waals surface area contributed by atoms with E-state index in [1.54, 1.807) is 7.11 Å². The predicted molar refractivity (Wildman–Crippen MR) is 73.1 cm³/mol. The molecule has 2 N–H and O–H groups in total. The van der Waals surface area contributed by atoms with Crippen LogP contribution in [0.4, 0.5) is 0 Å². The first-order valence-corrected chi connectivity index (χ1v) is 6.68. The first-order chi connectivity index (χ1) is 9.10. The maximum Gasteiger partial charge on any atom is 0.307 e. The Morgan fingerprint density at radius 2 is 2.37 bits per heavy atom. The largest absolute Gasteiger partial charge is 0.481 e. The highest BCUT2D eigenvalue weighted by atomic mass is 16.5. The zero-order valence-electron chi connectivity index (χ0n) is 11.4. The molecule has 0 bridgehead atoms. The lowest BCUT2D eigenvalue weighted by Gasteiger charge is -2.14.